The van der Waals surface area contributed by atoms with E-state index in [0.717, 1.165) is 6.92 Å². The molecule has 0 aliphatic rings. The van der Waals surface area contributed by atoms with Gasteiger partial charge in [-0.3, -0.25) is 4.72 Å². The van der Waals surface area contributed by atoms with Gasteiger partial charge in [0.05, 0.1) is 16.5 Å². The second-order valence-electron chi connectivity index (χ2n) is 5.56. The van der Waals surface area contributed by atoms with E-state index >= 15 is 0 Å². The smallest absolute Gasteiger partial charge is 0.316 e. The average molecular weight is 535 g/mol. The number of hydrogen-bond donors (Lipinski definition) is 2. The zero-order valence-corrected chi connectivity index (χ0v) is 18.9. The third kappa shape index (κ3) is 6.84. The second kappa shape index (κ2) is 11.2. The summed E-state index contributed by atoms with van der Waals surface area (Å²) in [6, 6.07) is -3.25. The van der Waals surface area contributed by atoms with Crippen molar-refractivity contribution in [2.24, 2.45) is 0 Å². The molecule has 0 amide bonds. The molecule has 0 atom stereocenters. The molecule has 0 aliphatic carbocycles. The minimum Gasteiger partial charge on any atom is -0.473 e. The first-order valence-electron chi connectivity index (χ1n) is 14.5. The van der Waals surface area contributed by atoms with Crippen LogP contribution in [0.4, 0.5) is 5.82 Å². The summed E-state index contributed by atoms with van der Waals surface area (Å²) in [6.45, 7) is -4.79. The zero-order chi connectivity index (χ0) is 33.6. The van der Waals surface area contributed by atoms with Gasteiger partial charge in [-0.2, -0.15) is 13.1 Å². The van der Waals surface area contributed by atoms with Crippen LogP contribution in [0, 0.1) is 6.92 Å². The molecule has 0 saturated carbocycles. The van der Waals surface area contributed by atoms with Gasteiger partial charge in [-0.25, -0.2) is 19.9 Å². The van der Waals surface area contributed by atoms with Crippen LogP contribution < -0.4 is 18.9 Å². The molecule has 0 fully saturated rings. The number of rotatable bonds is 11. The Morgan fingerprint density at radius 2 is 1.84 bits per heavy atom. The summed E-state index contributed by atoms with van der Waals surface area (Å²) in [5.41, 5.74) is -1.19. The molecule has 3 aromatic rings. The third-order valence-electron chi connectivity index (χ3n) is 3.27. The standard InChI is InChI=1S/C20H23BrN6O4S/c1-3-8-26-32(28,29)27-18-17(15-4-6-16(21)7-5-15)19(25-13-24-18)30-9-10-31-20-22-11-14(2)12-23-20/h4-7,11-13,26H,3,8-10H2,1-2H3,(H,24,25,27)/i3D2,4D,5D,6D,7D,8D2,9D2,11D,12D. The second-order valence-corrected chi connectivity index (χ2v) is 7.77. The van der Waals surface area contributed by atoms with Crippen molar-refractivity contribution in [2.45, 2.75) is 20.2 Å². The molecule has 12 heteroatoms. The van der Waals surface area contributed by atoms with Crippen LogP contribution in [-0.2, 0) is 10.2 Å². The highest BCUT2D eigenvalue weighted by atomic mass is 79.9. The van der Waals surface area contributed by atoms with Crippen LogP contribution in [0.15, 0.2) is 47.3 Å². The van der Waals surface area contributed by atoms with Gasteiger partial charge in [-0.05, 0) is 36.5 Å². The Labute approximate surface area is 212 Å². The van der Waals surface area contributed by atoms with E-state index in [4.69, 9.17) is 25.9 Å². The van der Waals surface area contributed by atoms with E-state index in [1.54, 1.807) is 0 Å². The number of ether oxygens (including phenoxy) is 2. The van der Waals surface area contributed by atoms with Gasteiger partial charge in [-0.15, -0.1) is 0 Å². The van der Waals surface area contributed by atoms with Crippen LogP contribution >= 0.6 is 15.9 Å². The Morgan fingerprint density at radius 1 is 1.12 bits per heavy atom. The van der Waals surface area contributed by atoms with Gasteiger partial charge in [0.25, 0.3) is 10.2 Å². The predicted molar refractivity (Wildman–Crippen MR) is 124 cm³/mol. The molecule has 2 N–H and O–H groups in total. The number of nitrogens with one attached hydrogen (secondary N) is 2. The fourth-order valence-electron chi connectivity index (χ4n) is 2.01. The first kappa shape index (κ1) is 12.4. The molecule has 10 nitrogen and oxygen atoms in total. The Balaban J connectivity index is 2.14. The number of benzene rings is 1. The molecule has 32 heavy (non-hydrogen) atoms. The third-order valence-corrected chi connectivity index (χ3v) is 4.50. The number of aromatic nitrogens is 4. The van der Waals surface area contributed by atoms with Crippen molar-refractivity contribution in [1.29, 1.82) is 0 Å². The quantitative estimate of drug-likeness (QED) is 0.383. The van der Waals surface area contributed by atoms with Crippen LogP contribution in [0.1, 0.15) is 35.3 Å². The topological polar surface area (TPSA) is 128 Å². The highest BCUT2D eigenvalue weighted by Gasteiger charge is 2.19. The van der Waals surface area contributed by atoms with Crippen molar-refractivity contribution in [3.8, 4) is 23.0 Å². The van der Waals surface area contributed by atoms with Gasteiger partial charge in [0.1, 0.15) is 19.5 Å². The molecular weight excluding hydrogens is 500 g/mol. The van der Waals surface area contributed by atoms with Crippen LogP contribution in [-0.4, -0.2) is 48.0 Å². The maximum atomic E-state index is 12.9. The predicted octanol–water partition coefficient (Wildman–Crippen LogP) is 3.12. The fraction of sp³-hybridized carbons (Fsp3) is 0.300. The molecule has 1 aromatic carbocycles. The highest BCUT2D eigenvalue weighted by molar-refractivity contribution is 9.10. The summed E-state index contributed by atoms with van der Waals surface area (Å²) < 4.78 is 135. The number of nitrogens with zero attached hydrogens (tertiary/aromatic N) is 4. The molecule has 0 saturated heterocycles. The molecule has 3 rings (SSSR count). The lowest BCUT2D eigenvalue weighted by atomic mass is 10.1. The Kier molecular flexibility index (Phi) is 4.33. The minimum absolute atomic E-state index is 0.143. The van der Waals surface area contributed by atoms with E-state index in [-0.39, 0.29) is 22.4 Å². The molecule has 0 spiro atoms. The monoisotopic (exact) mass is 534 g/mol. The molecular formula is C20H23BrN6O4S. The van der Waals surface area contributed by atoms with E-state index in [0.29, 0.717) is 6.33 Å². The van der Waals surface area contributed by atoms with Crippen molar-refractivity contribution >= 4 is 32.0 Å². The SMILES string of the molecule is [2H]c1nc(OCC([2H])([2H])Oc2ncnc(NS(=O)(=O)NC([2H])([2H])C([2H])([2H])C)c2-c2c([2H])c([2H])c(Br)c([2H])c2[2H])nc([2H])c1C. The van der Waals surface area contributed by atoms with Crippen molar-refractivity contribution in [2.75, 3.05) is 24.4 Å². The summed E-state index contributed by atoms with van der Waals surface area (Å²) in [5, 5.41) is 0. The molecule has 170 valence electrons. The summed E-state index contributed by atoms with van der Waals surface area (Å²) in [4.78, 5) is 14.9. The maximum Gasteiger partial charge on any atom is 0.316 e. The molecule has 0 aliphatic heterocycles. The van der Waals surface area contributed by atoms with E-state index in [1.165, 1.54) is 11.6 Å². The number of halogens is 1. The van der Waals surface area contributed by atoms with Gasteiger partial charge in [0.2, 0.25) is 5.88 Å². The molecule has 0 radical (unpaired) electrons. The van der Waals surface area contributed by atoms with Gasteiger partial charge < -0.3 is 9.47 Å². The largest absolute Gasteiger partial charge is 0.473 e. The summed E-state index contributed by atoms with van der Waals surface area (Å²) in [6.07, 6.45) is -2.70. The van der Waals surface area contributed by atoms with Gasteiger partial charge in [0.15, 0.2) is 5.82 Å². The van der Waals surface area contributed by atoms with E-state index in [2.05, 4.69) is 35.9 Å². The molecule has 0 bridgehead atoms. The first-order valence-corrected chi connectivity index (χ1v) is 10.8. The fourth-order valence-corrected chi connectivity index (χ4v) is 2.91. The van der Waals surface area contributed by atoms with E-state index < -0.39 is 89.2 Å². The van der Waals surface area contributed by atoms with Crippen LogP contribution in [0.3, 0.4) is 0 Å². The normalized spacial score (nSPS) is 18.0. The summed E-state index contributed by atoms with van der Waals surface area (Å²) in [7, 11) is -5.04. The lowest BCUT2D eigenvalue weighted by Gasteiger charge is -2.15. The van der Waals surface area contributed by atoms with Crippen LogP contribution in [0.5, 0.6) is 11.9 Å². The summed E-state index contributed by atoms with van der Waals surface area (Å²) in [5.74, 6) is -1.62. The lowest BCUT2D eigenvalue weighted by molar-refractivity contribution is 0.202. The summed E-state index contributed by atoms with van der Waals surface area (Å²) >= 11 is 2.94. The van der Waals surface area contributed by atoms with Crippen molar-refractivity contribution < 1.29 is 34.3 Å². The average Bonchev–Trinajstić information content (AvgIpc) is 2.88. The van der Waals surface area contributed by atoms with E-state index in [1.807, 2.05) is 4.72 Å². The first-order chi connectivity index (χ1) is 20.0. The molecule has 2 aromatic heterocycles. The Hall–Kier alpha value is -2.83. The zero-order valence-electron chi connectivity index (χ0n) is 28.5. The van der Waals surface area contributed by atoms with Crippen molar-refractivity contribution in [1.82, 2.24) is 24.7 Å². The van der Waals surface area contributed by atoms with Crippen LogP contribution in [0.2, 0.25) is 0 Å². The minimum atomic E-state index is -5.04. The highest BCUT2D eigenvalue weighted by Crippen LogP contribution is 2.34. The lowest BCUT2D eigenvalue weighted by Crippen LogP contribution is -2.31. The Bertz CT molecular complexity index is 1660. The van der Waals surface area contributed by atoms with E-state index in [9.17, 15) is 8.42 Å². The van der Waals surface area contributed by atoms with Crippen molar-refractivity contribution in [3.05, 3.63) is 52.9 Å². The molecule has 0 unspecified atom stereocenters. The number of anilines is 1. The van der Waals surface area contributed by atoms with Gasteiger partial charge in [-0.1, -0.05) is 34.9 Å². The Morgan fingerprint density at radius 3 is 2.53 bits per heavy atom. The molecule has 2 heterocycles. The maximum absolute atomic E-state index is 12.9. The van der Waals surface area contributed by atoms with Crippen molar-refractivity contribution in [3.63, 3.8) is 0 Å². The van der Waals surface area contributed by atoms with Gasteiger partial charge >= 0.3 is 6.01 Å². The number of hydrogen-bond acceptors (Lipinski definition) is 8. The van der Waals surface area contributed by atoms with Crippen LogP contribution in [0.25, 0.3) is 11.1 Å². The van der Waals surface area contributed by atoms with Gasteiger partial charge in [0, 0.05) is 28.8 Å².